The molecule has 0 saturated heterocycles. The Balaban J connectivity index is 2.08. The van der Waals surface area contributed by atoms with Gasteiger partial charge in [-0.3, -0.25) is 10.3 Å². The second-order valence-electron chi connectivity index (χ2n) is 4.85. The van der Waals surface area contributed by atoms with Crippen LogP contribution < -0.4 is 10.5 Å². The van der Waals surface area contributed by atoms with Gasteiger partial charge in [-0.25, -0.2) is 0 Å². The van der Waals surface area contributed by atoms with Crippen molar-refractivity contribution in [3.63, 3.8) is 0 Å². The van der Waals surface area contributed by atoms with Crippen LogP contribution in [0.15, 0.2) is 34.1 Å². The molecular formula is C15H18BrN3OS. The van der Waals surface area contributed by atoms with Gasteiger partial charge in [-0.05, 0) is 46.7 Å². The van der Waals surface area contributed by atoms with E-state index in [9.17, 15) is 0 Å². The summed E-state index contributed by atoms with van der Waals surface area (Å²) in [5.74, 6) is 0.662. The molecule has 6 heteroatoms. The van der Waals surface area contributed by atoms with Gasteiger partial charge in [0.15, 0.2) is 0 Å². The lowest BCUT2D eigenvalue weighted by Gasteiger charge is -2.17. The largest absolute Gasteiger partial charge is 0.496 e. The third-order valence-corrected chi connectivity index (χ3v) is 4.74. The first-order valence-electron chi connectivity index (χ1n) is 6.42. The highest BCUT2D eigenvalue weighted by Gasteiger charge is 2.09. The molecule has 0 aliphatic carbocycles. The van der Waals surface area contributed by atoms with Gasteiger partial charge in [0.2, 0.25) is 0 Å². The molecule has 0 spiro atoms. The molecule has 0 unspecified atom stereocenters. The highest BCUT2D eigenvalue weighted by Crippen LogP contribution is 2.23. The van der Waals surface area contributed by atoms with E-state index in [1.165, 1.54) is 4.88 Å². The molecule has 3 N–H and O–H groups in total. The molecule has 21 heavy (non-hydrogen) atoms. The number of nitrogens with one attached hydrogen (secondary N) is 1. The smallest absolute Gasteiger partial charge is 0.129 e. The van der Waals surface area contributed by atoms with E-state index in [-0.39, 0.29) is 5.84 Å². The summed E-state index contributed by atoms with van der Waals surface area (Å²) in [4.78, 5) is 3.54. The van der Waals surface area contributed by atoms with Crippen LogP contribution in [0.4, 0.5) is 0 Å². The summed E-state index contributed by atoms with van der Waals surface area (Å²) in [7, 11) is 3.66. The molecule has 0 aliphatic rings. The third-order valence-electron chi connectivity index (χ3n) is 3.05. The average molecular weight is 368 g/mol. The predicted octanol–water partition coefficient (Wildman–Crippen LogP) is 3.44. The van der Waals surface area contributed by atoms with Crippen molar-refractivity contribution in [2.24, 2.45) is 5.73 Å². The third kappa shape index (κ3) is 4.30. The van der Waals surface area contributed by atoms with Crippen LogP contribution >= 0.6 is 27.3 Å². The fraction of sp³-hybridized carbons (Fsp3) is 0.267. The van der Waals surface area contributed by atoms with Crippen LogP contribution in [0, 0.1) is 5.41 Å². The van der Waals surface area contributed by atoms with Gasteiger partial charge in [0.05, 0.1) is 12.7 Å². The molecule has 2 rings (SSSR count). The minimum Gasteiger partial charge on any atom is -0.496 e. The van der Waals surface area contributed by atoms with Gasteiger partial charge in [0.25, 0.3) is 0 Å². The van der Waals surface area contributed by atoms with Crippen molar-refractivity contribution in [2.75, 3.05) is 14.2 Å². The number of amidine groups is 1. The Morgan fingerprint density at radius 1 is 1.38 bits per heavy atom. The summed E-state index contributed by atoms with van der Waals surface area (Å²) in [6.07, 6.45) is 0. The number of benzene rings is 1. The van der Waals surface area contributed by atoms with Gasteiger partial charge in [0, 0.05) is 27.8 Å². The van der Waals surface area contributed by atoms with Crippen molar-refractivity contribution in [3.8, 4) is 5.75 Å². The van der Waals surface area contributed by atoms with Crippen molar-refractivity contribution >= 4 is 33.1 Å². The second-order valence-corrected chi connectivity index (χ2v) is 6.76. The van der Waals surface area contributed by atoms with Gasteiger partial charge in [-0.1, -0.05) is 6.07 Å². The lowest BCUT2D eigenvalue weighted by molar-refractivity contribution is 0.321. The van der Waals surface area contributed by atoms with Crippen LogP contribution in [-0.2, 0) is 13.1 Å². The first kappa shape index (κ1) is 16.0. The SMILES string of the molecule is COc1ccc(CN(C)Cc2cc(Br)cs2)cc1C(=N)N. The second kappa shape index (κ2) is 7.06. The van der Waals surface area contributed by atoms with Gasteiger partial charge < -0.3 is 10.5 Å². The van der Waals surface area contributed by atoms with E-state index in [2.05, 4.69) is 39.3 Å². The Kier molecular flexibility index (Phi) is 5.39. The minimum absolute atomic E-state index is 0.0264. The number of hydrogen-bond acceptors (Lipinski definition) is 4. The van der Waals surface area contributed by atoms with Crippen LogP contribution in [0.1, 0.15) is 16.0 Å². The molecule has 0 amide bonds. The molecule has 0 atom stereocenters. The Morgan fingerprint density at radius 2 is 2.14 bits per heavy atom. The number of halogens is 1. The molecule has 2 aromatic rings. The zero-order chi connectivity index (χ0) is 15.4. The summed E-state index contributed by atoms with van der Waals surface area (Å²) < 4.78 is 6.35. The lowest BCUT2D eigenvalue weighted by atomic mass is 10.1. The summed E-state index contributed by atoms with van der Waals surface area (Å²) in [6, 6.07) is 7.92. The van der Waals surface area contributed by atoms with Crippen molar-refractivity contribution in [1.82, 2.24) is 4.90 Å². The maximum absolute atomic E-state index is 7.62. The number of thiophene rings is 1. The maximum atomic E-state index is 7.62. The van der Waals surface area contributed by atoms with Crippen LogP contribution in [0.25, 0.3) is 0 Å². The fourth-order valence-corrected chi connectivity index (χ4v) is 3.66. The molecule has 0 fully saturated rings. The number of nitrogens with zero attached hydrogens (tertiary/aromatic N) is 1. The van der Waals surface area contributed by atoms with E-state index >= 15 is 0 Å². The molecule has 0 saturated carbocycles. The molecular weight excluding hydrogens is 350 g/mol. The quantitative estimate of drug-likeness (QED) is 0.607. The van der Waals surface area contributed by atoms with E-state index in [4.69, 9.17) is 15.9 Å². The van der Waals surface area contributed by atoms with Crippen molar-refractivity contribution in [3.05, 3.63) is 50.1 Å². The van der Waals surface area contributed by atoms with E-state index < -0.39 is 0 Å². The monoisotopic (exact) mass is 367 g/mol. The van der Waals surface area contributed by atoms with Crippen LogP contribution in [-0.4, -0.2) is 24.9 Å². The summed E-state index contributed by atoms with van der Waals surface area (Å²) >= 11 is 5.21. The first-order valence-corrected chi connectivity index (χ1v) is 8.09. The molecule has 1 heterocycles. The molecule has 1 aromatic carbocycles. The van der Waals surface area contributed by atoms with E-state index in [0.717, 1.165) is 23.1 Å². The predicted molar refractivity (Wildman–Crippen MR) is 91.2 cm³/mol. The van der Waals surface area contributed by atoms with E-state index in [1.807, 2.05) is 18.2 Å². The highest BCUT2D eigenvalue weighted by atomic mass is 79.9. The Labute approximate surface area is 137 Å². The van der Waals surface area contributed by atoms with Crippen LogP contribution in [0.5, 0.6) is 5.75 Å². The summed E-state index contributed by atoms with van der Waals surface area (Å²) in [6.45, 7) is 1.68. The van der Waals surface area contributed by atoms with Gasteiger partial charge >= 0.3 is 0 Å². The van der Waals surface area contributed by atoms with Gasteiger partial charge in [-0.15, -0.1) is 11.3 Å². The summed E-state index contributed by atoms with van der Waals surface area (Å²) in [5, 5.41) is 9.71. The Morgan fingerprint density at radius 3 is 2.71 bits per heavy atom. The van der Waals surface area contributed by atoms with Gasteiger partial charge in [0.1, 0.15) is 11.6 Å². The minimum atomic E-state index is 0.0264. The topological polar surface area (TPSA) is 62.3 Å². The van der Waals surface area contributed by atoms with Crippen molar-refractivity contribution < 1.29 is 4.74 Å². The highest BCUT2D eigenvalue weighted by molar-refractivity contribution is 9.10. The molecule has 0 aliphatic heterocycles. The number of ether oxygens (including phenoxy) is 1. The van der Waals surface area contributed by atoms with Crippen molar-refractivity contribution in [2.45, 2.75) is 13.1 Å². The maximum Gasteiger partial charge on any atom is 0.129 e. The number of hydrogen-bond donors (Lipinski definition) is 2. The molecule has 4 nitrogen and oxygen atoms in total. The number of methoxy groups -OCH3 is 1. The zero-order valence-electron chi connectivity index (χ0n) is 12.0. The van der Waals surface area contributed by atoms with Crippen LogP contribution in [0.3, 0.4) is 0 Å². The first-order chi connectivity index (χ1) is 9.99. The van der Waals surface area contributed by atoms with E-state index in [0.29, 0.717) is 11.3 Å². The van der Waals surface area contributed by atoms with Crippen molar-refractivity contribution in [1.29, 1.82) is 5.41 Å². The van der Waals surface area contributed by atoms with Crippen LogP contribution in [0.2, 0.25) is 0 Å². The fourth-order valence-electron chi connectivity index (χ4n) is 2.13. The Bertz CT molecular complexity index is 642. The zero-order valence-corrected chi connectivity index (χ0v) is 14.4. The standard InChI is InChI=1S/C15H18BrN3OS/c1-19(8-12-6-11(16)9-21-12)7-10-3-4-14(20-2)13(5-10)15(17)18/h3-6,9H,7-8H2,1-2H3,(H3,17,18). The Hall–Kier alpha value is -1.37. The normalized spacial score (nSPS) is 10.9. The average Bonchev–Trinajstić information content (AvgIpc) is 2.83. The number of rotatable bonds is 6. The number of nitrogens with two attached hydrogens (primary N) is 1. The number of nitrogen functional groups attached to an aromatic ring is 1. The molecule has 112 valence electrons. The molecule has 1 aromatic heterocycles. The van der Waals surface area contributed by atoms with E-state index in [1.54, 1.807) is 18.4 Å². The van der Waals surface area contributed by atoms with Gasteiger partial charge in [-0.2, -0.15) is 0 Å². The summed E-state index contributed by atoms with van der Waals surface area (Å²) in [5.41, 5.74) is 7.35. The molecule has 0 bridgehead atoms. The lowest BCUT2D eigenvalue weighted by Crippen LogP contribution is -2.18. The molecule has 0 radical (unpaired) electrons.